The smallest absolute Gasteiger partial charge is 0.303 e. The first-order valence-corrected chi connectivity index (χ1v) is 17.2. The average Bonchev–Trinajstić information content (AvgIpc) is 3.44. The molecule has 0 aromatic heterocycles. The van der Waals surface area contributed by atoms with Crippen molar-refractivity contribution in [2.24, 2.45) is 23.7 Å². The highest BCUT2D eigenvalue weighted by atomic mass is 16.4. The topological polar surface area (TPSA) is 64.3 Å². The second-order valence-corrected chi connectivity index (χ2v) is 13.0. The lowest BCUT2D eigenvalue weighted by Crippen LogP contribution is -2.36. The molecular weight excluding hydrogens is 528 g/mol. The number of unbranched alkanes of at least 4 members (excludes halogenated alkanes) is 2. The van der Waals surface area contributed by atoms with Crippen LogP contribution < -0.4 is 0 Å². The predicted octanol–water partition coefficient (Wildman–Crippen LogP) is 10.4. The van der Waals surface area contributed by atoms with Crippen LogP contribution >= 0.6 is 0 Å². The molecule has 0 radical (unpaired) electrons. The predicted molar refractivity (Wildman–Crippen MR) is 183 cm³/mol. The molecule has 1 saturated heterocycles. The largest absolute Gasteiger partial charge is 0.481 e. The van der Waals surface area contributed by atoms with Gasteiger partial charge >= 0.3 is 5.97 Å². The number of nitriles is 1. The fourth-order valence-corrected chi connectivity index (χ4v) is 5.57. The van der Waals surface area contributed by atoms with Crippen molar-refractivity contribution in [2.75, 3.05) is 19.6 Å². The molecule has 2 aromatic carbocycles. The monoisotopic (exact) mass is 590 g/mol. The van der Waals surface area contributed by atoms with Crippen molar-refractivity contribution in [3.63, 3.8) is 0 Å². The highest BCUT2D eigenvalue weighted by molar-refractivity contribution is 5.66. The van der Waals surface area contributed by atoms with E-state index in [1.54, 1.807) is 0 Å². The fraction of sp³-hybridized carbons (Fsp3) is 0.641. The van der Waals surface area contributed by atoms with Gasteiger partial charge in [0.2, 0.25) is 0 Å². The number of nitrogens with zero attached hydrogens (tertiary/aromatic N) is 2. The Balaban J connectivity index is 0.000000395. The molecule has 4 heteroatoms. The van der Waals surface area contributed by atoms with Crippen molar-refractivity contribution in [2.45, 2.75) is 118 Å². The number of carboxylic acids is 1. The third kappa shape index (κ3) is 20.8. The number of carbonyl (C=O) groups is 1. The summed E-state index contributed by atoms with van der Waals surface area (Å²) in [5.41, 5.74) is 2.14. The molecule has 4 rings (SSSR count). The maximum Gasteiger partial charge on any atom is 0.303 e. The van der Waals surface area contributed by atoms with Crippen LogP contribution in [0, 0.1) is 35.0 Å². The number of rotatable bonds is 11. The molecule has 1 N–H and O–H groups in total. The number of carboxylic acid groups (broad SMARTS) is 1. The molecule has 2 unspecified atom stereocenters. The van der Waals surface area contributed by atoms with Gasteiger partial charge in [-0.15, -0.1) is 0 Å². The minimum absolute atomic E-state index is 0.327. The second kappa shape index (κ2) is 24.8. The van der Waals surface area contributed by atoms with E-state index in [1.165, 1.54) is 76.6 Å². The Morgan fingerprint density at radius 1 is 0.907 bits per heavy atom. The summed E-state index contributed by atoms with van der Waals surface area (Å²) in [6, 6.07) is 22.3. The van der Waals surface area contributed by atoms with E-state index in [9.17, 15) is 4.79 Å². The number of benzene rings is 2. The number of aliphatic carboxylic acids is 1. The van der Waals surface area contributed by atoms with Crippen LogP contribution in [0.25, 0.3) is 0 Å². The first kappa shape index (κ1) is 38.4. The zero-order valence-corrected chi connectivity index (χ0v) is 28.1. The summed E-state index contributed by atoms with van der Waals surface area (Å²) in [5.74, 6) is 3.08. The van der Waals surface area contributed by atoms with Gasteiger partial charge in [0.1, 0.15) is 0 Å². The summed E-state index contributed by atoms with van der Waals surface area (Å²) >= 11 is 0. The van der Waals surface area contributed by atoms with E-state index in [2.05, 4.69) is 57.7 Å². The molecular formula is C39H62N2O2. The van der Waals surface area contributed by atoms with Crippen LogP contribution in [-0.4, -0.2) is 35.6 Å². The number of hydrogen-bond acceptors (Lipinski definition) is 3. The van der Waals surface area contributed by atoms with Crippen molar-refractivity contribution in [3.05, 3.63) is 71.8 Å². The van der Waals surface area contributed by atoms with Crippen molar-refractivity contribution >= 4 is 5.97 Å². The molecule has 2 aliphatic rings. The maximum atomic E-state index is 9.87. The van der Waals surface area contributed by atoms with E-state index < -0.39 is 5.97 Å². The van der Waals surface area contributed by atoms with Crippen molar-refractivity contribution in [1.29, 1.82) is 5.26 Å². The van der Waals surface area contributed by atoms with Crippen LogP contribution in [0.5, 0.6) is 0 Å². The van der Waals surface area contributed by atoms with Gasteiger partial charge in [-0.05, 0) is 99.4 Å². The Kier molecular flexibility index (Phi) is 22.1. The lowest BCUT2D eigenvalue weighted by Gasteiger charge is -2.33. The first-order chi connectivity index (χ1) is 20.8. The number of likely N-dealkylation sites (tertiary alicyclic amines) is 1. The van der Waals surface area contributed by atoms with Gasteiger partial charge in [-0.2, -0.15) is 5.26 Å². The van der Waals surface area contributed by atoms with Crippen molar-refractivity contribution < 1.29 is 9.90 Å². The van der Waals surface area contributed by atoms with E-state index >= 15 is 0 Å². The summed E-state index contributed by atoms with van der Waals surface area (Å²) in [5, 5.41) is 17.0. The van der Waals surface area contributed by atoms with Crippen LogP contribution in [0.3, 0.4) is 0 Å². The molecule has 0 amide bonds. The summed E-state index contributed by atoms with van der Waals surface area (Å²) < 4.78 is 0. The summed E-state index contributed by atoms with van der Waals surface area (Å²) in [6.45, 7) is 15.1. The molecule has 1 heterocycles. The van der Waals surface area contributed by atoms with Gasteiger partial charge in [0.05, 0.1) is 11.6 Å². The lowest BCUT2D eigenvalue weighted by atomic mass is 9.90. The molecule has 2 aromatic rings. The molecule has 1 aliphatic carbocycles. The SMILES string of the molecule is CC1CCC(CN2CCC(CCCc3ccc(C#N)cc3)CC2)C1.CCC(C)C.CCCCCC(=O)O.c1ccccc1. The van der Waals surface area contributed by atoms with Crippen LogP contribution in [0.15, 0.2) is 60.7 Å². The van der Waals surface area contributed by atoms with Gasteiger partial charge in [0, 0.05) is 13.0 Å². The summed E-state index contributed by atoms with van der Waals surface area (Å²) in [6.07, 6.45) is 15.6. The Bertz CT molecular complexity index is 932. The third-order valence-corrected chi connectivity index (χ3v) is 8.67. The zero-order chi connectivity index (χ0) is 31.7. The van der Waals surface area contributed by atoms with Crippen molar-refractivity contribution in [3.8, 4) is 6.07 Å². The Morgan fingerprint density at radius 2 is 1.49 bits per heavy atom. The first-order valence-electron chi connectivity index (χ1n) is 17.2. The molecule has 0 spiro atoms. The molecule has 1 aliphatic heterocycles. The van der Waals surface area contributed by atoms with Crippen LogP contribution in [0.4, 0.5) is 0 Å². The van der Waals surface area contributed by atoms with Gasteiger partial charge in [0.15, 0.2) is 0 Å². The van der Waals surface area contributed by atoms with Gasteiger partial charge in [-0.3, -0.25) is 4.79 Å². The lowest BCUT2D eigenvalue weighted by molar-refractivity contribution is -0.137. The fourth-order valence-electron chi connectivity index (χ4n) is 5.57. The third-order valence-electron chi connectivity index (χ3n) is 8.67. The van der Waals surface area contributed by atoms with E-state index in [4.69, 9.17) is 10.4 Å². The number of aryl methyl sites for hydroxylation is 1. The molecule has 1 saturated carbocycles. The molecule has 0 bridgehead atoms. The average molecular weight is 591 g/mol. The maximum absolute atomic E-state index is 9.87. The quantitative estimate of drug-likeness (QED) is 0.264. The van der Waals surface area contributed by atoms with Gasteiger partial charge in [-0.25, -0.2) is 0 Å². The van der Waals surface area contributed by atoms with Gasteiger partial charge in [0.25, 0.3) is 0 Å². The van der Waals surface area contributed by atoms with E-state index in [-0.39, 0.29) is 0 Å². The highest BCUT2D eigenvalue weighted by Gasteiger charge is 2.25. The molecule has 43 heavy (non-hydrogen) atoms. The molecule has 240 valence electrons. The minimum atomic E-state index is -0.682. The molecule has 2 atom stereocenters. The van der Waals surface area contributed by atoms with Crippen LogP contribution in [0.1, 0.15) is 123 Å². The van der Waals surface area contributed by atoms with E-state index in [0.717, 1.165) is 54.9 Å². The van der Waals surface area contributed by atoms with Gasteiger partial charge in [-0.1, -0.05) is 115 Å². The van der Waals surface area contributed by atoms with E-state index in [0.29, 0.717) is 6.42 Å². The molecule has 2 fully saturated rings. The van der Waals surface area contributed by atoms with Crippen molar-refractivity contribution in [1.82, 2.24) is 4.90 Å². The standard InChI is InChI=1S/C22H32N2.C6H12O2.C6H6.C5H12/c1-18-5-6-22(15-18)17-24-13-11-20(12-14-24)4-2-3-19-7-9-21(16-23)10-8-19;1-2-3-4-5-6(7)8;1-2-4-6-5-3-1;1-4-5(2)3/h7-10,18,20,22H,2-6,11-15,17H2,1H3;2-5H2,1H3,(H,7,8);1-6H;5H,4H2,1-3H3. The Labute approximate surface area is 264 Å². The Hall–Kier alpha value is -2.64. The zero-order valence-electron chi connectivity index (χ0n) is 28.1. The Morgan fingerprint density at radius 3 is 1.93 bits per heavy atom. The van der Waals surface area contributed by atoms with Crippen LogP contribution in [-0.2, 0) is 11.2 Å². The van der Waals surface area contributed by atoms with E-state index in [1.807, 2.05) is 48.5 Å². The second-order valence-electron chi connectivity index (χ2n) is 13.0. The summed E-state index contributed by atoms with van der Waals surface area (Å²) in [4.78, 5) is 12.6. The number of hydrogen-bond donors (Lipinski definition) is 1. The highest BCUT2D eigenvalue weighted by Crippen LogP contribution is 2.32. The minimum Gasteiger partial charge on any atom is -0.481 e. The number of piperidine rings is 1. The molecule has 4 nitrogen and oxygen atoms in total. The summed E-state index contributed by atoms with van der Waals surface area (Å²) in [7, 11) is 0. The van der Waals surface area contributed by atoms with Crippen LogP contribution in [0.2, 0.25) is 0 Å². The normalized spacial score (nSPS) is 18.3. The van der Waals surface area contributed by atoms with Gasteiger partial charge < -0.3 is 10.0 Å².